The Morgan fingerprint density at radius 3 is 2.87 bits per heavy atom. The molecule has 3 N–H and O–H groups in total. The summed E-state index contributed by atoms with van der Waals surface area (Å²) in [5, 5.41) is 2.75. The van der Waals surface area contributed by atoms with Crippen LogP contribution in [0.15, 0.2) is 41.4 Å². The molecule has 0 saturated heterocycles. The van der Waals surface area contributed by atoms with E-state index in [9.17, 15) is 4.79 Å². The van der Waals surface area contributed by atoms with Gasteiger partial charge in [-0.05, 0) is 18.6 Å². The van der Waals surface area contributed by atoms with Crippen LogP contribution in [0.3, 0.4) is 0 Å². The lowest BCUT2D eigenvalue weighted by Crippen LogP contribution is -2.25. The summed E-state index contributed by atoms with van der Waals surface area (Å²) in [6, 6.07) is 3.77. The van der Waals surface area contributed by atoms with E-state index in [2.05, 4.69) is 25.3 Å². The topological polar surface area (TPSA) is 120 Å². The molecule has 8 heteroatoms. The maximum absolute atomic E-state index is 12.2. The minimum Gasteiger partial charge on any atom is -0.442 e. The fourth-order valence-corrected chi connectivity index (χ4v) is 1.97. The Bertz CT molecular complexity index is 832. The summed E-state index contributed by atoms with van der Waals surface area (Å²) in [4.78, 5) is 28.5. The summed E-state index contributed by atoms with van der Waals surface area (Å²) in [5.74, 6) is 0.160. The Hall–Kier alpha value is -3.29. The van der Waals surface area contributed by atoms with E-state index in [4.69, 9.17) is 10.2 Å². The molecule has 0 atom stereocenters. The number of rotatable bonds is 4. The first-order valence-corrected chi connectivity index (χ1v) is 6.86. The summed E-state index contributed by atoms with van der Waals surface area (Å²) >= 11 is 0. The predicted octanol–water partition coefficient (Wildman–Crippen LogP) is 1.35. The van der Waals surface area contributed by atoms with Crippen molar-refractivity contribution in [2.45, 2.75) is 13.5 Å². The molecule has 3 aromatic heterocycles. The molecule has 3 heterocycles. The second-order valence-electron chi connectivity index (χ2n) is 4.78. The van der Waals surface area contributed by atoms with Crippen LogP contribution >= 0.6 is 0 Å². The molecule has 116 valence electrons. The zero-order chi connectivity index (χ0) is 16.2. The number of aromatic nitrogens is 4. The third-order valence-electron chi connectivity index (χ3n) is 3.22. The molecule has 3 aromatic rings. The molecule has 1 amide bonds. The highest BCUT2D eigenvalue weighted by Gasteiger charge is 2.15. The molecule has 0 bridgehead atoms. The first-order chi connectivity index (χ1) is 11.1. The number of carbonyl (C=O) groups excluding carboxylic acids is 1. The summed E-state index contributed by atoms with van der Waals surface area (Å²) in [5.41, 5.74) is 7.80. The van der Waals surface area contributed by atoms with Gasteiger partial charge >= 0.3 is 0 Å². The van der Waals surface area contributed by atoms with E-state index in [0.29, 0.717) is 6.54 Å². The van der Waals surface area contributed by atoms with Crippen LogP contribution in [-0.2, 0) is 6.54 Å². The Morgan fingerprint density at radius 1 is 1.30 bits per heavy atom. The quantitative estimate of drug-likeness (QED) is 0.746. The predicted molar refractivity (Wildman–Crippen MR) is 82.1 cm³/mol. The number of amides is 1. The van der Waals surface area contributed by atoms with Crippen molar-refractivity contribution in [3.8, 4) is 11.7 Å². The van der Waals surface area contributed by atoms with Gasteiger partial charge in [0.25, 0.3) is 11.8 Å². The zero-order valence-corrected chi connectivity index (χ0v) is 12.4. The number of nitrogen functional groups attached to an aromatic ring is 1. The molecular formula is C15H14N6O2. The molecule has 0 saturated carbocycles. The fourth-order valence-electron chi connectivity index (χ4n) is 1.97. The summed E-state index contributed by atoms with van der Waals surface area (Å²) < 4.78 is 5.09. The molecule has 0 aliphatic rings. The smallest absolute Gasteiger partial charge is 0.264 e. The maximum Gasteiger partial charge on any atom is 0.264 e. The third kappa shape index (κ3) is 3.15. The number of hydrogen-bond donors (Lipinski definition) is 2. The monoisotopic (exact) mass is 310 g/mol. The van der Waals surface area contributed by atoms with Gasteiger partial charge in [-0.2, -0.15) is 0 Å². The molecule has 0 aliphatic carbocycles. The van der Waals surface area contributed by atoms with Crippen molar-refractivity contribution in [3.63, 3.8) is 0 Å². The van der Waals surface area contributed by atoms with Crippen LogP contribution in [0.5, 0.6) is 0 Å². The van der Waals surface area contributed by atoms with Crippen molar-refractivity contribution in [2.24, 2.45) is 0 Å². The first kappa shape index (κ1) is 14.6. The van der Waals surface area contributed by atoms with Crippen molar-refractivity contribution in [2.75, 3.05) is 5.73 Å². The number of nitrogens with one attached hydrogen (secondary N) is 1. The van der Waals surface area contributed by atoms with Crippen molar-refractivity contribution < 1.29 is 9.21 Å². The number of hydrogen-bond acceptors (Lipinski definition) is 7. The highest BCUT2D eigenvalue weighted by Crippen LogP contribution is 2.15. The van der Waals surface area contributed by atoms with Gasteiger partial charge in [-0.25, -0.2) is 15.0 Å². The van der Waals surface area contributed by atoms with Crippen LogP contribution in [-0.4, -0.2) is 25.8 Å². The van der Waals surface area contributed by atoms with Gasteiger partial charge in [0.2, 0.25) is 5.82 Å². The number of nitrogens with zero attached hydrogens (tertiary/aromatic N) is 4. The van der Waals surface area contributed by atoms with Gasteiger partial charge in [0.1, 0.15) is 12.1 Å². The van der Waals surface area contributed by atoms with Gasteiger partial charge in [-0.15, -0.1) is 0 Å². The lowest BCUT2D eigenvalue weighted by molar-refractivity contribution is 0.0950. The van der Waals surface area contributed by atoms with E-state index in [1.54, 1.807) is 6.20 Å². The molecule has 23 heavy (non-hydrogen) atoms. The molecule has 0 aliphatic heterocycles. The second-order valence-corrected chi connectivity index (χ2v) is 4.78. The lowest BCUT2D eigenvalue weighted by atomic mass is 10.2. The minimum atomic E-state index is -0.369. The standard InChI is InChI=1S/C15H14N6O2/c1-9-3-2-4-17-11(9)8-20-14(22)10-7-19-13(21-12(10)16)15-18-5-6-23-15/h2-7H,8H2,1H3,(H,20,22)(H2,16,19,21). The summed E-state index contributed by atoms with van der Waals surface area (Å²) in [6.45, 7) is 2.23. The molecule has 0 radical (unpaired) electrons. The molecule has 0 spiro atoms. The van der Waals surface area contributed by atoms with Gasteiger partial charge in [-0.1, -0.05) is 6.07 Å². The number of nitrogens with two attached hydrogens (primary N) is 1. The van der Waals surface area contributed by atoms with Gasteiger partial charge in [0.05, 0.1) is 24.0 Å². The number of pyridine rings is 1. The van der Waals surface area contributed by atoms with Crippen molar-refractivity contribution in [3.05, 3.63) is 53.8 Å². The van der Waals surface area contributed by atoms with Crippen molar-refractivity contribution in [1.82, 2.24) is 25.3 Å². The highest BCUT2D eigenvalue weighted by atomic mass is 16.3. The van der Waals surface area contributed by atoms with E-state index >= 15 is 0 Å². The van der Waals surface area contributed by atoms with Crippen LogP contribution in [0.2, 0.25) is 0 Å². The molecule has 0 aromatic carbocycles. The summed E-state index contributed by atoms with van der Waals surface area (Å²) in [6.07, 6.45) is 5.91. The van der Waals surface area contributed by atoms with Crippen LogP contribution in [0.1, 0.15) is 21.6 Å². The second kappa shape index (κ2) is 6.22. The van der Waals surface area contributed by atoms with E-state index < -0.39 is 0 Å². The van der Waals surface area contributed by atoms with Crippen LogP contribution in [0, 0.1) is 6.92 Å². The number of aryl methyl sites for hydroxylation is 1. The van der Waals surface area contributed by atoms with Gasteiger partial charge < -0.3 is 15.5 Å². The van der Waals surface area contributed by atoms with Crippen LogP contribution in [0.25, 0.3) is 11.7 Å². The average molecular weight is 310 g/mol. The van der Waals surface area contributed by atoms with E-state index in [-0.39, 0.29) is 29.0 Å². The Kier molecular flexibility index (Phi) is 3.96. The number of oxazole rings is 1. The summed E-state index contributed by atoms with van der Waals surface area (Å²) in [7, 11) is 0. The Morgan fingerprint density at radius 2 is 2.17 bits per heavy atom. The van der Waals surface area contributed by atoms with Gasteiger partial charge in [-0.3, -0.25) is 9.78 Å². The average Bonchev–Trinajstić information content (AvgIpc) is 3.08. The first-order valence-electron chi connectivity index (χ1n) is 6.86. The highest BCUT2D eigenvalue weighted by molar-refractivity contribution is 5.98. The van der Waals surface area contributed by atoms with Gasteiger partial charge in [0.15, 0.2) is 0 Å². The third-order valence-corrected chi connectivity index (χ3v) is 3.22. The molecule has 0 fully saturated rings. The van der Waals surface area contributed by atoms with E-state index in [1.807, 2.05) is 19.1 Å². The number of carbonyl (C=O) groups is 1. The Labute approximate surface area is 131 Å². The van der Waals surface area contributed by atoms with Crippen LogP contribution in [0.4, 0.5) is 5.82 Å². The molecule has 8 nitrogen and oxygen atoms in total. The zero-order valence-electron chi connectivity index (χ0n) is 12.4. The van der Waals surface area contributed by atoms with Crippen molar-refractivity contribution in [1.29, 1.82) is 0 Å². The van der Waals surface area contributed by atoms with Gasteiger partial charge in [0, 0.05) is 12.4 Å². The normalized spacial score (nSPS) is 10.5. The van der Waals surface area contributed by atoms with E-state index in [1.165, 1.54) is 18.7 Å². The SMILES string of the molecule is Cc1cccnc1CNC(=O)c1cnc(-c2ncco2)nc1N. The molecule has 0 unspecified atom stereocenters. The minimum absolute atomic E-state index is 0.0587. The lowest BCUT2D eigenvalue weighted by Gasteiger charge is -2.08. The number of anilines is 1. The fraction of sp³-hybridized carbons (Fsp3) is 0.133. The van der Waals surface area contributed by atoms with E-state index in [0.717, 1.165) is 11.3 Å². The maximum atomic E-state index is 12.2. The van der Waals surface area contributed by atoms with Crippen LogP contribution < -0.4 is 11.1 Å². The molecule has 3 rings (SSSR count). The van der Waals surface area contributed by atoms with Crippen molar-refractivity contribution >= 4 is 11.7 Å². The Balaban J connectivity index is 1.74. The molecular weight excluding hydrogens is 296 g/mol. The largest absolute Gasteiger partial charge is 0.442 e.